The van der Waals surface area contributed by atoms with Crippen LogP contribution in [0.3, 0.4) is 0 Å². The number of nitrogens with zero attached hydrogens (tertiary/aromatic N) is 2. The van der Waals surface area contributed by atoms with Crippen LogP contribution in [0.2, 0.25) is 5.15 Å². The van der Waals surface area contributed by atoms with E-state index < -0.39 is 0 Å². The molecule has 1 unspecified atom stereocenters. The minimum atomic E-state index is 0.138. The molecule has 81 valence electrons. The molecule has 1 aromatic heterocycles. The number of rotatable bonds is 2. The Morgan fingerprint density at radius 3 is 2.73 bits per heavy atom. The fourth-order valence-corrected chi connectivity index (χ4v) is 1.80. The van der Waals surface area contributed by atoms with Crippen molar-refractivity contribution >= 4 is 11.6 Å². The number of ether oxygens (including phenoxy) is 1. The van der Waals surface area contributed by atoms with Crippen LogP contribution in [0.4, 0.5) is 0 Å². The van der Waals surface area contributed by atoms with E-state index in [1.807, 2.05) is 6.07 Å². The third-order valence-corrected chi connectivity index (χ3v) is 2.85. The summed E-state index contributed by atoms with van der Waals surface area (Å²) in [6, 6.07) is 3.91. The predicted molar refractivity (Wildman–Crippen MR) is 59.7 cm³/mol. The molecule has 4 heteroatoms. The van der Waals surface area contributed by atoms with Crippen LogP contribution in [-0.2, 0) is 4.74 Å². The first-order valence-corrected chi connectivity index (χ1v) is 5.41. The molecule has 0 bridgehead atoms. The van der Waals surface area contributed by atoms with Gasteiger partial charge in [-0.2, -0.15) is 0 Å². The fraction of sp³-hybridized carbons (Fsp3) is 0.455. The Morgan fingerprint density at radius 2 is 2.13 bits per heavy atom. The van der Waals surface area contributed by atoms with Gasteiger partial charge in [-0.15, -0.1) is 0 Å². The molecule has 2 rings (SSSR count). The van der Waals surface area contributed by atoms with Crippen molar-refractivity contribution in [2.45, 2.75) is 6.04 Å². The highest BCUT2D eigenvalue weighted by Crippen LogP contribution is 2.20. The van der Waals surface area contributed by atoms with Crippen molar-refractivity contribution in [3.8, 4) is 0 Å². The molecule has 3 nitrogen and oxygen atoms in total. The molecule has 0 aromatic carbocycles. The summed E-state index contributed by atoms with van der Waals surface area (Å²) in [5.41, 5.74) is 1.10. The van der Waals surface area contributed by atoms with Crippen molar-refractivity contribution in [2.75, 3.05) is 26.3 Å². The van der Waals surface area contributed by atoms with Gasteiger partial charge in [-0.1, -0.05) is 17.7 Å². The molecule has 1 radical (unpaired) electrons. The number of halogens is 1. The summed E-state index contributed by atoms with van der Waals surface area (Å²) in [7, 11) is 0. The minimum absolute atomic E-state index is 0.138. The van der Waals surface area contributed by atoms with Crippen molar-refractivity contribution in [1.29, 1.82) is 0 Å². The van der Waals surface area contributed by atoms with Crippen LogP contribution in [-0.4, -0.2) is 36.2 Å². The number of hydrogen-bond donors (Lipinski definition) is 0. The van der Waals surface area contributed by atoms with Crippen molar-refractivity contribution < 1.29 is 4.74 Å². The number of morpholine rings is 1. The Bertz CT molecular complexity index is 309. The topological polar surface area (TPSA) is 25.4 Å². The van der Waals surface area contributed by atoms with Crippen molar-refractivity contribution in [3.05, 3.63) is 36.0 Å². The molecule has 1 fully saturated rings. The third kappa shape index (κ3) is 2.68. The molecular weight excluding hydrogens is 212 g/mol. The van der Waals surface area contributed by atoms with E-state index in [2.05, 4.69) is 16.8 Å². The van der Waals surface area contributed by atoms with Gasteiger partial charge in [-0.25, -0.2) is 4.98 Å². The smallest absolute Gasteiger partial charge is 0.129 e. The van der Waals surface area contributed by atoms with Gasteiger partial charge in [0.25, 0.3) is 0 Å². The van der Waals surface area contributed by atoms with E-state index >= 15 is 0 Å². The van der Waals surface area contributed by atoms with Gasteiger partial charge < -0.3 is 4.74 Å². The molecule has 15 heavy (non-hydrogen) atoms. The summed E-state index contributed by atoms with van der Waals surface area (Å²) in [6.45, 7) is 7.57. The van der Waals surface area contributed by atoms with Gasteiger partial charge in [0.2, 0.25) is 0 Å². The fourth-order valence-electron chi connectivity index (χ4n) is 1.68. The maximum Gasteiger partial charge on any atom is 0.129 e. The van der Waals surface area contributed by atoms with E-state index in [9.17, 15) is 0 Å². The standard InChI is InChI=1S/C11H14ClN2O/c1-9(14-4-6-15-7-5-14)10-2-3-11(12)13-8-10/h2-3,8-9H,1,4-7H2. The van der Waals surface area contributed by atoms with Gasteiger partial charge in [0.1, 0.15) is 5.15 Å². The van der Waals surface area contributed by atoms with Crippen LogP contribution in [0.15, 0.2) is 18.3 Å². The summed E-state index contributed by atoms with van der Waals surface area (Å²) >= 11 is 5.74. The SMILES string of the molecule is [CH2]C(c1ccc(Cl)nc1)N1CCOCC1. The van der Waals surface area contributed by atoms with Gasteiger partial charge in [-0.05, 0) is 18.6 Å². The Labute approximate surface area is 95.0 Å². The first-order valence-electron chi connectivity index (χ1n) is 5.04. The Morgan fingerprint density at radius 1 is 1.40 bits per heavy atom. The maximum absolute atomic E-state index is 5.74. The second-order valence-corrected chi connectivity index (χ2v) is 3.97. The molecule has 1 aliphatic rings. The zero-order valence-electron chi connectivity index (χ0n) is 8.53. The molecular formula is C11H14ClN2O. The van der Waals surface area contributed by atoms with E-state index in [1.54, 1.807) is 12.3 Å². The van der Waals surface area contributed by atoms with Crippen molar-refractivity contribution in [2.24, 2.45) is 0 Å². The normalized spacial score (nSPS) is 20.1. The zero-order valence-corrected chi connectivity index (χ0v) is 9.28. The molecule has 0 amide bonds. The van der Waals surface area contributed by atoms with Gasteiger partial charge in [0.05, 0.1) is 13.2 Å². The Hall–Kier alpha value is -0.640. The average molecular weight is 226 g/mol. The molecule has 1 aliphatic heterocycles. The largest absolute Gasteiger partial charge is 0.379 e. The van der Waals surface area contributed by atoms with Gasteiger partial charge in [-0.3, -0.25) is 4.90 Å². The van der Waals surface area contributed by atoms with E-state index in [0.717, 1.165) is 31.9 Å². The number of aromatic nitrogens is 1. The van der Waals surface area contributed by atoms with Crippen LogP contribution < -0.4 is 0 Å². The summed E-state index contributed by atoms with van der Waals surface area (Å²) in [5, 5.41) is 0.521. The van der Waals surface area contributed by atoms with E-state index in [-0.39, 0.29) is 6.04 Å². The number of hydrogen-bond acceptors (Lipinski definition) is 3. The summed E-state index contributed by atoms with van der Waals surface area (Å²) < 4.78 is 5.30. The van der Waals surface area contributed by atoms with E-state index in [4.69, 9.17) is 16.3 Å². The van der Waals surface area contributed by atoms with Crippen molar-refractivity contribution in [1.82, 2.24) is 9.88 Å². The van der Waals surface area contributed by atoms with Crippen molar-refractivity contribution in [3.63, 3.8) is 0 Å². The zero-order chi connectivity index (χ0) is 10.7. The van der Waals surface area contributed by atoms with Crippen LogP contribution in [0.1, 0.15) is 11.6 Å². The molecule has 0 N–H and O–H groups in total. The Balaban J connectivity index is 2.05. The summed E-state index contributed by atoms with van der Waals surface area (Å²) in [5.74, 6) is 0. The van der Waals surface area contributed by atoms with Crippen LogP contribution >= 0.6 is 11.6 Å². The lowest BCUT2D eigenvalue weighted by Gasteiger charge is -2.32. The van der Waals surface area contributed by atoms with E-state index in [1.165, 1.54) is 0 Å². The molecule has 0 spiro atoms. The lowest BCUT2D eigenvalue weighted by atomic mass is 10.1. The predicted octanol–water partition coefficient (Wildman–Crippen LogP) is 1.94. The third-order valence-electron chi connectivity index (χ3n) is 2.62. The average Bonchev–Trinajstić information content (AvgIpc) is 2.30. The molecule has 1 aromatic rings. The Kier molecular flexibility index (Phi) is 3.57. The van der Waals surface area contributed by atoms with Gasteiger partial charge >= 0.3 is 0 Å². The quantitative estimate of drug-likeness (QED) is 0.720. The number of pyridine rings is 1. The molecule has 2 heterocycles. The van der Waals surface area contributed by atoms with Crippen LogP contribution in [0.5, 0.6) is 0 Å². The second kappa shape index (κ2) is 4.92. The second-order valence-electron chi connectivity index (χ2n) is 3.58. The summed E-state index contributed by atoms with van der Waals surface area (Å²) in [4.78, 5) is 6.35. The van der Waals surface area contributed by atoms with E-state index in [0.29, 0.717) is 5.15 Å². The van der Waals surface area contributed by atoms with Crippen LogP contribution in [0.25, 0.3) is 0 Å². The van der Waals surface area contributed by atoms with Gasteiger partial charge in [0.15, 0.2) is 0 Å². The summed E-state index contributed by atoms with van der Waals surface area (Å²) in [6.07, 6.45) is 1.79. The molecule has 0 aliphatic carbocycles. The monoisotopic (exact) mass is 225 g/mol. The van der Waals surface area contributed by atoms with Gasteiger partial charge in [0, 0.05) is 25.3 Å². The molecule has 0 saturated carbocycles. The lowest BCUT2D eigenvalue weighted by molar-refractivity contribution is 0.0247. The van der Waals surface area contributed by atoms with Crippen LogP contribution in [0, 0.1) is 6.92 Å². The molecule has 1 saturated heterocycles. The first-order chi connectivity index (χ1) is 7.27. The lowest BCUT2D eigenvalue weighted by Crippen LogP contribution is -2.38. The minimum Gasteiger partial charge on any atom is -0.379 e. The maximum atomic E-state index is 5.74. The highest BCUT2D eigenvalue weighted by Gasteiger charge is 2.18. The highest BCUT2D eigenvalue weighted by atomic mass is 35.5. The first kappa shape index (κ1) is 10.9. The highest BCUT2D eigenvalue weighted by molar-refractivity contribution is 6.29. The molecule has 1 atom stereocenters.